The van der Waals surface area contributed by atoms with Gasteiger partial charge in [0.2, 0.25) is 0 Å². The Kier molecular flexibility index (Phi) is 5.12. The number of aryl methyl sites for hydroxylation is 2. The average molecular weight is 463 g/mol. The van der Waals surface area contributed by atoms with Crippen LogP contribution in [0.2, 0.25) is 5.02 Å². The van der Waals surface area contributed by atoms with Crippen LogP contribution in [0, 0.1) is 0 Å². The molecule has 1 amide bonds. The second kappa shape index (κ2) is 7.97. The first kappa shape index (κ1) is 20.5. The first-order valence-electron chi connectivity index (χ1n) is 10.1. The topological polar surface area (TPSA) is 75.3 Å². The van der Waals surface area contributed by atoms with Gasteiger partial charge in [-0.25, -0.2) is 8.42 Å². The van der Waals surface area contributed by atoms with Crippen LogP contribution in [0.5, 0.6) is 0 Å². The van der Waals surface area contributed by atoms with Gasteiger partial charge in [0.05, 0.1) is 21.2 Å². The van der Waals surface area contributed by atoms with Gasteiger partial charge in [0, 0.05) is 11.1 Å². The predicted molar refractivity (Wildman–Crippen MR) is 128 cm³/mol. The fraction of sp³-hybridized carbons (Fsp3) is 0.0800. The van der Waals surface area contributed by atoms with Crippen molar-refractivity contribution >= 4 is 49.7 Å². The Bertz CT molecular complexity index is 1460. The lowest BCUT2D eigenvalue weighted by Gasteiger charge is -2.13. The molecule has 4 aromatic rings. The van der Waals surface area contributed by atoms with Gasteiger partial charge in [-0.2, -0.15) is 0 Å². The fourth-order valence-electron chi connectivity index (χ4n) is 4.12. The summed E-state index contributed by atoms with van der Waals surface area (Å²) in [6.07, 6.45) is 2.02. The quantitative estimate of drug-likeness (QED) is 0.402. The number of sulfonamides is 1. The zero-order chi connectivity index (χ0) is 22.3. The maximum absolute atomic E-state index is 12.9. The fourth-order valence-corrected chi connectivity index (χ4v) is 5.46. The molecule has 1 aliphatic rings. The molecular weight excluding hydrogens is 444 g/mol. The van der Waals surface area contributed by atoms with Crippen LogP contribution in [0.15, 0.2) is 83.8 Å². The number of carbonyl (C=O) groups is 1. The molecule has 1 aliphatic carbocycles. The van der Waals surface area contributed by atoms with E-state index in [1.807, 2.05) is 18.2 Å². The maximum atomic E-state index is 12.9. The van der Waals surface area contributed by atoms with Gasteiger partial charge in [0.25, 0.3) is 15.9 Å². The number of benzene rings is 4. The van der Waals surface area contributed by atoms with E-state index >= 15 is 0 Å². The Labute approximate surface area is 191 Å². The second-order valence-corrected chi connectivity index (χ2v) is 9.77. The Morgan fingerprint density at radius 1 is 0.844 bits per heavy atom. The Morgan fingerprint density at radius 2 is 1.59 bits per heavy atom. The normalized spacial score (nSPS) is 12.7. The summed E-state index contributed by atoms with van der Waals surface area (Å²) in [5.74, 6) is -0.355. The van der Waals surface area contributed by atoms with E-state index in [-0.39, 0.29) is 27.1 Å². The molecule has 0 spiro atoms. The summed E-state index contributed by atoms with van der Waals surface area (Å²) in [7, 11) is -3.75. The molecule has 0 radical (unpaired) electrons. The van der Waals surface area contributed by atoms with Gasteiger partial charge in [-0.15, -0.1) is 0 Å². The van der Waals surface area contributed by atoms with Crippen LogP contribution >= 0.6 is 11.6 Å². The van der Waals surface area contributed by atoms with Gasteiger partial charge in [0.15, 0.2) is 0 Å². The molecule has 0 saturated carbocycles. The summed E-state index contributed by atoms with van der Waals surface area (Å²) < 4.78 is 27.5. The molecule has 0 atom stereocenters. The van der Waals surface area contributed by atoms with Crippen molar-refractivity contribution in [1.82, 2.24) is 0 Å². The first-order chi connectivity index (χ1) is 15.4. The van der Waals surface area contributed by atoms with Gasteiger partial charge in [-0.05, 0) is 65.8 Å². The number of rotatable bonds is 5. The van der Waals surface area contributed by atoms with Crippen LogP contribution < -0.4 is 10.0 Å². The van der Waals surface area contributed by atoms with Crippen LogP contribution in [0.4, 0.5) is 11.4 Å². The molecule has 0 aromatic heterocycles. The molecular formula is C25H19ClN2O3S. The smallest absolute Gasteiger partial charge is 0.261 e. The zero-order valence-electron chi connectivity index (χ0n) is 16.9. The molecule has 5 nitrogen and oxygen atoms in total. The number of carbonyl (C=O) groups excluding carboxylic acids is 1. The Morgan fingerprint density at radius 3 is 2.34 bits per heavy atom. The summed E-state index contributed by atoms with van der Waals surface area (Å²) >= 11 is 6.35. The van der Waals surface area contributed by atoms with Crippen LogP contribution in [0.25, 0.3) is 10.8 Å². The first-order valence-corrected chi connectivity index (χ1v) is 12.0. The van der Waals surface area contributed by atoms with E-state index in [1.165, 1.54) is 46.8 Å². The van der Waals surface area contributed by atoms with Crippen molar-refractivity contribution in [2.45, 2.75) is 17.7 Å². The molecule has 0 unspecified atom stereocenters. The zero-order valence-corrected chi connectivity index (χ0v) is 18.5. The van der Waals surface area contributed by atoms with E-state index in [0.29, 0.717) is 0 Å². The highest BCUT2D eigenvalue weighted by Crippen LogP contribution is 2.35. The second-order valence-electron chi connectivity index (χ2n) is 7.68. The lowest BCUT2D eigenvalue weighted by molar-refractivity contribution is 0.102. The Hall–Kier alpha value is -3.35. The van der Waals surface area contributed by atoms with Gasteiger partial charge < -0.3 is 5.32 Å². The van der Waals surface area contributed by atoms with Gasteiger partial charge in [-0.1, -0.05) is 54.1 Å². The molecule has 4 aromatic carbocycles. The highest BCUT2D eigenvalue weighted by Gasteiger charge is 2.19. The van der Waals surface area contributed by atoms with Crippen molar-refractivity contribution < 1.29 is 13.2 Å². The minimum atomic E-state index is -3.75. The Balaban J connectivity index is 1.40. The number of nitrogens with one attached hydrogen (secondary N) is 2. The molecule has 0 bridgehead atoms. The van der Waals surface area contributed by atoms with Crippen molar-refractivity contribution in [1.29, 1.82) is 0 Å². The standard InChI is InChI=1S/C25H19ClN2O3S/c26-22-15-18(28-32(30,31)19-6-2-1-3-7-19)12-13-20(22)25(29)27-23-14-11-17-10-9-16-5-4-8-21(23)24(16)17/h1-8,11-15,28H,9-10H2,(H,27,29). The van der Waals surface area contributed by atoms with Crippen molar-refractivity contribution in [2.24, 2.45) is 0 Å². The van der Waals surface area contributed by atoms with Gasteiger partial charge >= 0.3 is 0 Å². The molecule has 0 fully saturated rings. The number of hydrogen-bond acceptors (Lipinski definition) is 3. The monoisotopic (exact) mass is 462 g/mol. The lowest BCUT2D eigenvalue weighted by atomic mass is 10.0. The largest absolute Gasteiger partial charge is 0.321 e. The number of hydrogen-bond donors (Lipinski definition) is 2. The molecule has 160 valence electrons. The molecule has 0 aliphatic heterocycles. The SMILES string of the molecule is O=C(Nc1ccc2c3c(cccc13)CC2)c1ccc(NS(=O)(=O)c2ccccc2)cc1Cl. The van der Waals surface area contributed by atoms with Crippen LogP contribution in [0.1, 0.15) is 21.5 Å². The summed E-state index contributed by atoms with van der Waals surface area (Å²) in [6.45, 7) is 0. The maximum Gasteiger partial charge on any atom is 0.261 e. The van der Waals surface area contributed by atoms with Gasteiger partial charge in [-0.3, -0.25) is 9.52 Å². The van der Waals surface area contributed by atoms with Crippen molar-refractivity contribution in [3.8, 4) is 0 Å². The van der Waals surface area contributed by atoms with Crippen molar-refractivity contribution in [3.05, 3.63) is 101 Å². The van der Waals surface area contributed by atoms with E-state index in [1.54, 1.807) is 18.2 Å². The molecule has 0 heterocycles. The van der Waals surface area contributed by atoms with Gasteiger partial charge in [0.1, 0.15) is 0 Å². The minimum absolute atomic E-state index is 0.144. The minimum Gasteiger partial charge on any atom is -0.321 e. The van der Waals surface area contributed by atoms with Crippen LogP contribution in [0.3, 0.4) is 0 Å². The van der Waals surface area contributed by atoms with E-state index in [2.05, 4.69) is 22.2 Å². The third-order valence-corrected chi connectivity index (χ3v) is 7.35. The third kappa shape index (κ3) is 3.72. The van der Waals surface area contributed by atoms with Crippen LogP contribution in [-0.4, -0.2) is 14.3 Å². The van der Waals surface area contributed by atoms with E-state index in [0.717, 1.165) is 23.9 Å². The van der Waals surface area contributed by atoms with E-state index < -0.39 is 10.0 Å². The highest BCUT2D eigenvalue weighted by molar-refractivity contribution is 7.92. The summed E-state index contributed by atoms with van der Waals surface area (Å²) in [5.41, 5.74) is 3.85. The average Bonchev–Trinajstić information content (AvgIpc) is 3.21. The summed E-state index contributed by atoms with van der Waals surface area (Å²) in [4.78, 5) is 13.1. The summed E-state index contributed by atoms with van der Waals surface area (Å²) in [5, 5.41) is 5.33. The molecule has 7 heteroatoms. The predicted octanol–water partition coefficient (Wildman–Crippen LogP) is 5.64. The molecule has 32 heavy (non-hydrogen) atoms. The number of anilines is 2. The number of amides is 1. The molecule has 2 N–H and O–H groups in total. The lowest BCUT2D eigenvalue weighted by Crippen LogP contribution is -2.15. The van der Waals surface area contributed by atoms with Crippen molar-refractivity contribution in [2.75, 3.05) is 10.0 Å². The summed E-state index contributed by atoms with van der Waals surface area (Å²) in [6, 6.07) is 22.6. The molecule has 0 saturated heterocycles. The molecule has 5 rings (SSSR count). The van der Waals surface area contributed by atoms with E-state index in [4.69, 9.17) is 11.6 Å². The number of halogens is 1. The highest BCUT2D eigenvalue weighted by atomic mass is 35.5. The van der Waals surface area contributed by atoms with Crippen LogP contribution in [-0.2, 0) is 22.9 Å². The van der Waals surface area contributed by atoms with Crippen molar-refractivity contribution in [3.63, 3.8) is 0 Å². The third-order valence-electron chi connectivity index (χ3n) is 5.64. The van der Waals surface area contributed by atoms with E-state index in [9.17, 15) is 13.2 Å².